The van der Waals surface area contributed by atoms with Gasteiger partial charge in [0.15, 0.2) is 0 Å². The van der Waals surface area contributed by atoms with Crippen LogP contribution in [0.25, 0.3) is 11.3 Å². The smallest absolute Gasteiger partial charge is 0.258 e. The number of anilines is 2. The number of halogens is 1. The van der Waals surface area contributed by atoms with Gasteiger partial charge in [-0.1, -0.05) is 48.9 Å². The zero-order valence-electron chi connectivity index (χ0n) is 17.9. The van der Waals surface area contributed by atoms with Crippen LogP contribution in [0.5, 0.6) is 0 Å². The Bertz CT molecular complexity index is 1150. The predicted molar refractivity (Wildman–Crippen MR) is 127 cm³/mol. The average molecular weight is 428 g/mol. The van der Waals surface area contributed by atoms with Gasteiger partial charge in [0.25, 0.3) is 5.91 Å². The lowest BCUT2D eigenvalue weighted by Crippen LogP contribution is -2.29. The molecule has 0 saturated carbocycles. The third kappa shape index (κ3) is 4.30. The molecule has 1 fully saturated rings. The minimum atomic E-state index is -0.371. The first-order valence-corrected chi connectivity index (χ1v) is 11.2. The molecular formula is C27H26FN3O. The highest BCUT2D eigenvalue weighted by Crippen LogP contribution is 2.37. The largest absolute Gasteiger partial charge is 0.354 e. The molecule has 5 heteroatoms. The van der Waals surface area contributed by atoms with Crippen LogP contribution in [0.3, 0.4) is 0 Å². The molecule has 2 aliphatic rings. The van der Waals surface area contributed by atoms with E-state index in [1.807, 2.05) is 30.3 Å². The highest BCUT2D eigenvalue weighted by atomic mass is 19.1. The quantitative estimate of drug-likeness (QED) is 0.510. The number of rotatable bonds is 5. The summed E-state index contributed by atoms with van der Waals surface area (Å²) in [5.41, 5.74) is 5.50. The molecule has 5 rings (SSSR count). The molecule has 2 aliphatic heterocycles. The molecule has 0 atom stereocenters. The van der Waals surface area contributed by atoms with Crippen LogP contribution in [0.4, 0.5) is 15.8 Å². The van der Waals surface area contributed by atoms with E-state index in [1.165, 1.54) is 50.0 Å². The molecule has 3 aromatic carbocycles. The van der Waals surface area contributed by atoms with Crippen LogP contribution in [-0.4, -0.2) is 23.9 Å². The van der Waals surface area contributed by atoms with Crippen molar-refractivity contribution in [1.29, 1.82) is 0 Å². The summed E-state index contributed by atoms with van der Waals surface area (Å²) in [6.07, 6.45) is 3.89. The summed E-state index contributed by atoms with van der Waals surface area (Å²) >= 11 is 0. The first-order valence-electron chi connectivity index (χ1n) is 11.2. The van der Waals surface area contributed by atoms with Crippen LogP contribution in [0, 0.1) is 5.82 Å². The molecule has 3 aromatic rings. The van der Waals surface area contributed by atoms with Gasteiger partial charge >= 0.3 is 0 Å². The Morgan fingerprint density at radius 3 is 2.44 bits per heavy atom. The fraction of sp³-hybridized carbons (Fsp3) is 0.222. The first-order chi connectivity index (χ1) is 15.7. The molecule has 0 aromatic heterocycles. The second-order valence-electron chi connectivity index (χ2n) is 8.42. The first kappa shape index (κ1) is 20.5. The Morgan fingerprint density at radius 2 is 1.69 bits per heavy atom. The zero-order valence-corrected chi connectivity index (χ0v) is 17.9. The maximum atomic E-state index is 13.7. The second-order valence-corrected chi connectivity index (χ2v) is 8.42. The van der Waals surface area contributed by atoms with Crippen molar-refractivity contribution >= 4 is 28.6 Å². The van der Waals surface area contributed by atoms with Crippen molar-refractivity contribution in [2.24, 2.45) is 0 Å². The molecule has 0 bridgehead atoms. The highest BCUT2D eigenvalue weighted by molar-refractivity contribution is 6.37. The summed E-state index contributed by atoms with van der Waals surface area (Å²) in [5, 5.41) is 6.26. The topological polar surface area (TPSA) is 44.4 Å². The molecule has 162 valence electrons. The number of nitrogens with zero attached hydrogens (tertiary/aromatic N) is 1. The maximum Gasteiger partial charge on any atom is 0.258 e. The van der Waals surface area contributed by atoms with Gasteiger partial charge in [-0.25, -0.2) is 4.39 Å². The number of amides is 1. The minimum absolute atomic E-state index is 0.237. The molecule has 2 N–H and O–H groups in total. The summed E-state index contributed by atoms with van der Waals surface area (Å²) in [4.78, 5) is 15.4. The van der Waals surface area contributed by atoms with Crippen LogP contribution in [0.15, 0.2) is 72.8 Å². The van der Waals surface area contributed by atoms with E-state index in [4.69, 9.17) is 0 Å². The Kier molecular flexibility index (Phi) is 5.73. The number of carbonyl (C=O) groups is 1. The van der Waals surface area contributed by atoms with E-state index in [-0.39, 0.29) is 11.7 Å². The summed E-state index contributed by atoms with van der Waals surface area (Å²) in [7, 11) is 0. The summed E-state index contributed by atoms with van der Waals surface area (Å²) < 4.78 is 13.7. The van der Waals surface area contributed by atoms with Gasteiger partial charge in [0.1, 0.15) is 5.82 Å². The highest BCUT2D eigenvalue weighted by Gasteiger charge is 2.28. The molecule has 0 unspecified atom stereocenters. The van der Waals surface area contributed by atoms with Gasteiger partial charge in [-0.15, -0.1) is 0 Å². The van der Waals surface area contributed by atoms with Crippen molar-refractivity contribution in [1.82, 2.24) is 4.90 Å². The van der Waals surface area contributed by atoms with Crippen molar-refractivity contribution < 1.29 is 9.18 Å². The summed E-state index contributed by atoms with van der Waals surface area (Å²) in [5.74, 6) is -0.609. The van der Waals surface area contributed by atoms with E-state index in [1.54, 1.807) is 6.07 Å². The number of piperidine rings is 1. The van der Waals surface area contributed by atoms with Crippen molar-refractivity contribution in [3.05, 3.63) is 95.3 Å². The average Bonchev–Trinajstić information content (AvgIpc) is 3.14. The number of likely N-dealkylation sites (tertiary alicyclic amines) is 1. The Labute approximate surface area is 187 Å². The fourth-order valence-corrected chi connectivity index (χ4v) is 4.49. The molecule has 0 radical (unpaired) electrons. The molecular weight excluding hydrogens is 401 g/mol. The molecule has 1 saturated heterocycles. The number of benzene rings is 3. The molecule has 1 amide bonds. The third-order valence-electron chi connectivity index (χ3n) is 6.12. The third-order valence-corrected chi connectivity index (χ3v) is 6.12. The van der Waals surface area contributed by atoms with Gasteiger partial charge in [0.05, 0.1) is 17.0 Å². The Balaban J connectivity index is 1.47. The van der Waals surface area contributed by atoms with Gasteiger partial charge in [-0.2, -0.15) is 0 Å². The molecule has 2 heterocycles. The van der Waals surface area contributed by atoms with Crippen LogP contribution >= 0.6 is 0 Å². The van der Waals surface area contributed by atoms with Gasteiger partial charge in [-0.05, 0) is 67.4 Å². The Morgan fingerprint density at radius 1 is 0.938 bits per heavy atom. The van der Waals surface area contributed by atoms with Crippen molar-refractivity contribution in [2.75, 3.05) is 23.7 Å². The number of fused-ring (bicyclic) bond motifs is 1. The fourth-order valence-electron chi connectivity index (χ4n) is 4.49. The minimum Gasteiger partial charge on any atom is -0.354 e. The zero-order chi connectivity index (χ0) is 21.9. The second kappa shape index (κ2) is 8.97. The van der Waals surface area contributed by atoms with Gasteiger partial charge in [-0.3, -0.25) is 9.69 Å². The molecule has 32 heavy (non-hydrogen) atoms. The normalized spacial score (nSPS) is 17.6. The van der Waals surface area contributed by atoms with Crippen LogP contribution in [0.2, 0.25) is 0 Å². The molecule has 0 aliphatic carbocycles. The van der Waals surface area contributed by atoms with E-state index in [2.05, 4.69) is 39.8 Å². The lowest BCUT2D eigenvalue weighted by atomic mass is 10.00. The number of carbonyl (C=O) groups excluding carboxylic acids is 1. The van der Waals surface area contributed by atoms with Crippen LogP contribution < -0.4 is 10.6 Å². The van der Waals surface area contributed by atoms with E-state index < -0.39 is 0 Å². The number of hydrogen-bond acceptors (Lipinski definition) is 3. The maximum absolute atomic E-state index is 13.7. The SMILES string of the molecule is O=C1Nc2cc(F)ccc2C1=C(Nc1ccc(CN2CCCCC2)cc1)c1ccccc1. The van der Waals surface area contributed by atoms with Gasteiger partial charge in [0, 0.05) is 17.8 Å². The summed E-state index contributed by atoms with van der Waals surface area (Å²) in [6.45, 7) is 3.30. The molecule has 4 nitrogen and oxygen atoms in total. The van der Waals surface area contributed by atoms with Gasteiger partial charge < -0.3 is 10.6 Å². The van der Waals surface area contributed by atoms with E-state index >= 15 is 0 Å². The van der Waals surface area contributed by atoms with E-state index in [0.29, 0.717) is 22.5 Å². The Hall–Kier alpha value is -3.44. The van der Waals surface area contributed by atoms with Crippen LogP contribution in [0.1, 0.15) is 36.0 Å². The van der Waals surface area contributed by atoms with Crippen molar-refractivity contribution in [3.8, 4) is 0 Å². The summed E-state index contributed by atoms with van der Waals surface area (Å²) in [6, 6.07) is 22.6. The molecule has 0 spiro atoms. The van der Waals surface area contributed by atoms with Crippen molar-refractivity contribution in [3.63, 3.8) is 0 Å². The van der Waals surface area contributed by atoms with Gasteiger partial charge in [0.2, 0.25) is 0 Å². The predicted octanol–water partition coefficient (Wildman–Crippen LogP) is 5.74. The van der Waals surface area contributed by atoms with Crippen molar-refractivity contribution in [2.45, 2.75) is 25.8 Å². The standard InChI is InChI=1S/C27H26FN3O/c28-21-11-14-23-24(17-21)30-27(32)25(23)26(20-7-3-1-4-8-20)29-22-12-9-19(10-13-22)18-31-15-5-2-6-16-31/h1,3-4,7-14,17,29H,2,5-6,15-16,18H2,(H,30,32). The van der Waals surface area contributed by atoms with E-state index in [9.17, 15) is 9.18 Å². The monoisotopic (exact) mass is 427 g/mol. The van der Waals surface area contributed by atoms with E-state index in [0.717, 1.165) is 17.8 Å². The number of nitrogens with one attached hydrogen (secondary N) is 2. The van der Waals surface area contributed by atoms with Crippen LogP contribution in [-0.2, 0) is 11.3 Å². The lowest BCUT2D eigenvalue weighted by Gasteiger charge is -2.26. The lowest BCUT2D eigenvalue weighted by molar-refractivity contribution is -0.110. The number of hydrogen-bond donors (Lipinski definition) is 2.